The van der Waals surface area contributed by atoms with Crippen LogP contribution in [0.4, 0.5) is 0 Å². The first kappa shape index (κ1) is 77.0. The van der Waals surface area contributed by atoms with Crippen molar-refractivity contribution in [1.82, 2.24) is 0 Å². The Labute approximate surface area is 510 Å². The van der Waals surface area contributed by atoms with Gasteiger partial charge in [-0.15, -0.1) is 0 Å². The summed E-state index contributed by atoms with van der Waals surface area (Å²) in [5, 5.41) is 2.27. The van der Waals surface area contributed by atoms with Gasteiger partial charge in [-0.3, -0.25) is 0 Å². The first-order valence-corrected chi connectivity index (χ1v) is 42.8. The normalized spacial score (nSPS) is 23.1. The standard InChI is InChI=1S/2C17H31P.2C13H27P.CH3.3ClH.2Fe.2Pd/c2*1-3-9-15(10-4-1)18(17-13-7-8-14-17)16-11-5-2-6-12-16;2*1-12(2,3)14(13(4,5)6)11-9-7-8-10-11;;;;;;;;/h2*15-17H,1-14H2;2*11H,7-10H2,1-6H3;1H3;3*1H;;;;/q;;;;-1;;;;;;2*+2/p+1. The molecule has 0 aliphatic heterocycles. The summed E-state index contributed by atoms with van der Waals surface area (Å²) in [5.41, 5.74) is 9.57. The summed E-state index contributed by atoms with van der Waals surface area (Å²) in [4.78, 5) is 0. The summed E-state index contributed by atoms with van der Waals surface area (Å²) < 4.78 is 0. The fourth-order valence-electron chi connectivity index (χ4n) is 17.4. The van der Waals surface area contributed by atoms with E-state index in [-0.39, 0.29) is 89.2 Å². The van der Waals surface area contributed by atoms with Crippen molar-refractivity contribution >= 4 is 60.3 Å². The Morgan fingerprint density at radius 2 is 0.389 bits per heavy atom. The van der Waals surface area contributed by atoms with Gasteiger partial charge < -0.3 is 7.43 Å². The van der Waals surface area contributed by atoms with Crippen LogP contribution in [0.3, 0.4) is 0 Å². The Balaban J connectivity index is 0.000000899. The molecule has 8 aliphatic carbocycles. The molecule has 72 heavy (non-hydrogen) atoms. The van der Waals surface area contributed by atoms with Gasteiger partial charge in [-0.1, -0.05) is 25.7 Å². The van der Waals surface area contributed by atoms with Gasteiger partial charge in [-0.05, 0) is 289 Å². The van der Waals surface area contributed by atoms with E-state index in [0.717, 1.165) is 11.3 Å². The fourth-order valence-corrected chi connectivity index (χ4v) is 39.2. The fraction of sp³-hybridized carbons (Fsp3) is 0.984. The second-order valence-electron chi connectivity index (χ2n) is 28.1. The average Bonchev–Trinajstić information content (AvgIpc) is 4.17. The Bertz CT molecular complexity index is 1100. The third kappa shape index (κ3) is 28.0. The second kappa shape index (κ2) is 41.1. The van der Waals surface area contributed by atoms with Crippen LogP contribution in [0.15, 0.2) is 0 Å². The van der Waals surface area contributed by atoms with Crippen molar-refractivity contribution in [3.8, 4) is 0 Å². The van der Waals surface area contributed by atoms with Crippen LogP contribution in [0.5, 0.6) is 0 Å². The number of halogens is 3. The molecule has 0 amide bonds. The number of rotatable bonds is 8. The van der Waals surface area contributed by atoms with Crippen molar-refractivity contribution in [2.24, 2.45) is 0 Å². The molecule has 8 saturated carbocycles. The molecule has 0 radical (unpaired) electrons. The van der Waals surface area contributed by atoms with E-state index in [2.05, 4.69) is 111 Å². The van der Waals surface area contributed by atoms with Crippen molar-refractivity contribution in [1.29, 1.82) is 0 Å². The van der Waals surface area contributed by atoms with E-state index in [1.165, 1.54) is 85.3 Å². The van der Waals surface area contributed by atoms with Crippen LogP contribution < -0.4 is 0 Å². The van der Waals surface area contributed by atoms with Crippen LogP contribution in [-0.2, 0) is 68.3 Å². The molecule has 0 atom stereocenters. The third-order valence-corrected chi connectivity index (χ3v) is 37.1. The Morgan fingerprint density at radius 3 is 0.514 bits per heavy atom. The third-order valence-electron chi connectivity index (χ3n) is 18.7. The van der Waals surface area contributed by atoms with Crippen LogP contribution in [0, 0.1) is 7.43 Å². The quantitative estimate of drug-likeness (QED) is 0.129. The SMILES string of the molecule is C1CCC([PH+](C2CCCCC2)C2CCCC2)CC1.C1CCC([PH+](C2CCCCC2)C2CCCC2)CC1.CC(C)(C)[PH+](C1CCCC1)C(C)(C)C.CC(C)(C)[PH+](C1CCCC1)C(C)(C)C.[CH3-].[Cl][Pd+].[Cl][Pd][Cl].[Fe].[Fe]. The van der Waals surface area contributed by atoms with E-state index in [1.54, 1.807) is 180 Å². The van der Waals surface area contributed by atoms with Crippen molar-refractivity contribution in [2.75, 3.05) is 0 Å². The molecule has 8 fully saturated rings. The number of hydrogen-bond donors (Lipinski definition) is 0. The van der Waals surface area contributed by atoms with E-state index >= 15 is 0 Å². The van der Waals surface area contributed by atoms with Crippen molar-refractivity contribution < 1.29 is 68.3 Å². The van der Waals surface area contributed by atoms with E-state index in [4.69, 9.17) is 19.1 Å². The van der Waals surface area contributed by atoms with Gasteiger partial charge in [0.15, 0.2) is 0 Å². The molecule has 8 aliphatic rings. The second-order valence-corrected chi connectivity index (χ2v) is 46.7. The average molecular weight is 1410 g/mol. The summed E-state index contributed by atoms with van der Waals surface area (Å²) in [7, 11) is 13.6. The Kier molecular flexibility index (Phi) is 43.9. The molecule has 0 unspecified atom stereocenters. The minimum Gasteiger partial charge on any atom is 0 e. The Morgan fingerprint density at radius 1 is 0.278 bits per heavy atom. The predicted molar refractivity (Wildman–Crippen MR) is 333 cm³/mol. The first-order chi connectivity index (χ1) is 32.8. The van der Waals surface area contributed by atoms with Crippen LogP contribution in [-0.4, -0.2) is 65.9 Å². The van der Waals surface area contributed by atoms with Gasteiger partial charge in [0.05, 0.1) is 65.9 Å². The van der Waals surface area contributed by atoms with Crippen molar-refractivity contribution in [2.45, 2.75) is 380 Å². The summed E-state index contributed by atoms with van der Waals surface area (Å²) >= 11 is 2.12. The predicted octanol–water partition coefficient (Wildman–Crippen LogP) is 23.6. The minimum atomic E-state index is -0.253. The molecule has 0 heterocycles. The van der Waals surface area contributed by atoms with E-state index in [1.807, 2.05) is 0 Å². The number of hydrogen-bond acceptors (Lipinski definition) is 0. The topological polar surface area (TPSA) is 0 Å². The first-order valence-electron chi connectivity index (χ1n) is 30.2. The molecule has 0 aromatic heterocycles. The van der Waals surface area contributed by atoms with Gasteiger partial charge in [-0.2, -0.15) is 0 Å². The summed E-state index contributed by atoms with van der Waals surface area (Å²) in [6.07, 6.45) is 56.5. The van der Waals surface area contributed by atoms with Gasteiger partial charge in [0.2, 0.25) is 0 Å². The zero-order valence-electron chi connectivity index (χ0n) is 49.5. The molecule has 0 N–H and O–H groups in total. The molecule has 0 aromatic carbocycles. The van der Waals surface area contributed by atoms with Crippen LogP contribution in [0.1, 0.15) is 314 Å². The van der Waals surface area contributed by atoms with Gasteiger partial charge >= 0.3 is 62.7 Å². The molecular formula is C61H123Cl3Fe2P4Pd2+4. The van der Waals surface area contributed by atoms with Crippen molar-refractivity contribution in [3.63, 3.8) is 0 Å². The molecule has 0 bridgehead atoms. The Hall–Kier alpha value is 4.95. The molecule has 0 saturated heterocycles. The molecule has 0 nitrogen and oxygen atoms in total. The monoisotopic (exact) mass is 1410 g/mol. The smallest absolute Gasteiger partial charge is 0 e. The molecule has 11 heteroatoms. The minimum absolute atomic E-state index is 0. The molecule has 0 spiro atoms. The summed E-state index contributed by atoms with van der Waals surface area (Å²) in [6.45, 7) is 29.6. The van der Waals surface area contributed by atoms with Crippen molar-refractivity contribution in [3.05, 3.63) is 7.43 Å². The van der Waals surface area contributed by atoms with Crippen LogP contribution in [0.25, 0.3) is 0 Å². The van der Waals surface area contributed by atoms with Crippen LogP contribution >= 0.6 is 60.3 Å². The zero-order chi connectivity index (χ0) is 51.1. The largest absolute Gasteiger partial charge is 0 e. The summed E-state index contributed by atoms with van der Waals surface area (Å²) in [6, 6.07) is 0. The molecular weight excluding hydrogens is 1290 g/mol. The maximum atomic E-state index is 4.81. The van der Waals surface area contributed by atoms with Gasteiger partial charge in [0.1, 0.15) is 0 Å². The molecule has 8 rings (SSSR count). The van der Waals surface area contributed by atoms with Gasteiger partial charge in [0.25, 0.3) is 0 Å². The van der Waals surface area contributed by atoms with E-state index < -0.39 is 0 Å². The van der Waals surface area contributed by atoms with Gasteiger partial charge in [0, 0.05) is 65.8 Å². The van der Waals surface area contributed by atoms with Crippen LogP contribution in [0.2, 0.25) is 0 Å². The van der Waals surface area contributed by atoms with Gasteiger partial charge in [-0.25, -0.2) is 0 Å². The summed E-state index contributed by atoms with van der Waals surface area (Å²) in [5.74, 6) is 0. The maximum absolute atomic E-state index is 4.81. The maximum Gasteiger partial charge on any atom is 0 e. The molecule has 0 aromatic rings. The molecule has 440 valence electrons. The zero-order valence-corrected chi connectivity index (χ0v) is 61.1. The van der Waals surface area contributed by atoms with E-state index in [9.17, 15) is 0 Å². The van der Waals surface area contributed by atoms with E-state index in [0.29, 0.717) is 20.6 Å².